The molecule has 0 aliphatic carbocycles. The topological polar surface area (TPSA) is 36.7 Å². The van der Waals surface area contributed by atoms with Gasteiger partial charge in [0.2, 0.25) is 0 Å². The van der Waals surface area contributed by atoms with Crippen molar-refractivity contribution in [1.82, 2.24) is 4.98 Å². The lowest BCUT2D eigenvalue weighted by molar-refractivity contribution is 0.790. The van der Waals surface area contributed by atoms with Crippen LogP contribution in [0.3, 0.4) is 0 Å². The number of rotatable bonds is 2. The van der Waals surface area contributed by atoms with Crippen molar-refractivity contribution in [2.24, 2.45) is 0 Å². The van der Waals surface area contributed by atoms with Crippen molar-refractivity contribution in [3.63, 3.8) is 0 Å². The molecule has 3 heteroatoms. The van der Waals surface area contributed by atoms with Gasteiger partial charge in [0.25, 0.3) is 0 Å². The smallest absolute Gasteiger partial charge is 0.0844 e. The minimum atomic E-state index is 0.255. The fourth-order valence-electron chi connectivity index (χ4n) is 1.71. The maximum absolute atomic E-state index is 8.71. The molecule has 0 saturated carbocycles. The lowest BCUT2D eigenvalue weighted by Gasteiger charge is -2.10. The highest BCUT2D eigenvalue weighted by Crippen LogP contribution is 2.28. The normalized spacial score (nSPS) is 12.3. The number of nitrogens with zero attached hydrogens (tertiary/aromatic N) is 2. The molecule has 1 unspecified atom stereocenters. The summed E-state index contributed by atoms with van der Waals surface area (Å²) in [5.74, 6) is 0.255. The molecule has 0 N–H and O–H groups in total. The summed E-state index contributed by atoms with van der Waals surface area (Å²) in [6.45, 7) is 2.06. The molecule has 0 aliphatic heterocycles. The molecule has 2 rings (SSSR count). The molecule has 2 nitrogen and oxygen atoms in total. The van der Waals surface area contributed by atoms with Crippen LogP contribution in [0, 0.1) is 11.3 Å². The second kappa shape index (κ2) is 4.63. The molecule has 0 spiro atoms. The highest BCUT2D eigenvalue weighted by molar-refractivity contribution is 9.10. The van der Waals surface area contributed by atoms with Crippen LogP contribution in [-0.4, -0.2) is 4.98 Å². The standard InChI is InChI=1S/C13H11BrN2/c1-9(4-5-15)11-7-10-3-2-6-16-13(10)12(14)8-11/h2-3,6-9H,4H2,1H3. The van der Waals surface area contributed by atoms with Crippen LogP contribution in [0.4, 0.5) is 0 Å². The van der Waals surface area contributed by atoms with Crippen LogP contribution < -0.4 is 0 Å². The van der Waals surface area contributed by atoms with Crippen LogP contribution in [0.2, 0.25) is 0 Å². The monoisotopic (exact) mass is 274 g/mol. The van der Waals surface area contributed by atoms with E-state index in [4.69, 9.17) is 5.26 Å². The first-order chi connectivity index (χ1) is 7.72. The van der Waals surface area contributed by atoms with Gasteiger partial charge in [-0.1, -0.05) is 13.0 Å². The van der Waals surface area contributed by atoms with Crippen molar-refractivity contribution >= 4 is 26.8 Å². The van der Waals surface area contributed by atoms with Gasteiger partial charge in [-0.25, -0.2) is 0 Å². The maximum Gasteiger partial charge on any atom is 0.0844 e. The lowest BCUT2D eigenvalue weighted by Crippen LogP contribution is -1.93. The van der Waals surface area contributed by atoms with E-state index in [9.17, 15) is 0 Å². The Kier molecular flexibility index (Phi) is 3.21. The molecular formula is C13H11BrN2. The molecule has 80 valence electrons. The van der Waals surface area contributed by atoms with E-state index in [1.54, 1.807) is 6.20 Å². The zero-order valence-corrected chi connectivity index (χ0v) is 10.5. The number of hydrogen-bond acceptors (Lipinski definition) is 2. The fourth-order valence-corrected chi connectivity index (χ4v) is 2.30. The first-order valence-corrected chi connectivity index (χ1v) is 5.93. The zero-order chi connectivity index (χ0) is 11.5. The van der Waals surface area contributed by atoms with Gasteiger partial charge in [-0.05, 0) is 45.6 Å². The van der Waals surface area contributed by atoms with Gasteiger partial charge in [0, 0.05) is 22.5 Å². The highest BCUT2D eigenvalue weighted by atomic mass is 79.9. The van der Waals surface area contributed by atoms with Gasteiger partial charge in [0.05, 0.1) is 11.6 Å². The Balaban J connectivity index is 2.54. The fraction of sp³-hybridized carbons (Fsp3) is 0.231. The molecule has 0 saturated heterocycles. The Bertz CT molecular complexity index is 557. The molecule has 16 heavy (non-hydrogen) atoms. The molecule has 1 heterocycles. The van der Waals surface area contributed by atoms with E-state index in [0.717, 1.165) is 15.4 Å². The van der Waals surface area contributed by atoms with Crippen LogP contribution in [0.5, 0.6) is 0 Å². The van der Waals surface area contributed by atoms with Crippen molar-refractivity contribution in [3.8, 4) is 6.07 Å². The van der Waals surface area contributed by atoms with E-state index < -0.39 is 0 Å². The SMILES string of the molecule is CC(CC#N)c1cc(Br)c2ncccc2c1. The van der Waals surface area contributed by atoms with Crippen molar-refractivity contribution in [1.29, 1.82) is 5.26 Å². The molecule has 1 aromatic heterocycles. The van der Waals surface area contributed by atoms with E-state index in [1.165, 1.54) is 5.56 Å². The van der Waals surface area contributed by atoms with E-state index in [-0.39, 0.29) is 5.92 Å². The van der Waals surface area contributed by atoms with Crippen LogP contribution in [0.25, 0.3) is 10.9 Å². The van der Waals surface area contributed by atoms with Gasteiger partial charge in [0.15, 0.2) is 0 Å². The zero-order valence-electron chi connectivity index (χ0n) is 8.94. The quantitative estimate of drug-likeness (QED) is 0.830. The second-order valence-electron chi connectivity index (χ2n) is 3.84. The summed E-state index contributed by atoms with van der Waals surface area (Å²) in [6.07, 6.45) is 2.32. The predicted molar refractivity (Wildman–Crippen MR) is 68.1 cm³/mol. The minimum Gasteiger partial charge on any atom is -0.255 e. The summed E-state index contributed by atoms with van der Waals surface area (Å²) in [7, 11) is 0. The molecule has 0 aliphatic rings. The first kappa shape index (κ1) is 11.1. The minimum absolute atomic E-state index is 0.255. The molecule has 0 bridgehead atoms. The molecule has 1 aromatic carbocycles. The van der Waals surface area contributed by atoms with Gasteiger partial charge in [-0.2, -0.15) is 5.26 Å². The summed E-state index contributed by atoms with van der Waals surface area (Å²) < 4.78 is 0.991. The van der Waals surface area contributed by atoms with Crippen molar-refractivity contribution < 1.29 is 0 Å². The van der Waals surface area contributed by atoms with Crippen LogP contribution in [0.1, 0.15) is 24.8 Å². The predicted octanol–water partition coefficient (Wildman–Crippen LogP) is 4.01. The summed E-state index contributed by atoms with van der Waals surface area (Å²) in [5, 5.41) is 9.81. The van der Waals surface area contributed by atoms with Gasteiger partial charge >= 0.3 is 0 Å². The number of benzene rings is 1. The summed E-state index contributed by atoms with van der Waals surface area (Å²) in [4.78, 5) is 4.32. The maximum atomic E-state index is 8.71. The van der Waals surface area contributed by atoms with Crippen molar-refractivity contribution in [3.05, 3.63) is 40.5 Å². The lowest BCUT2D eigenvalue weighted by atomic mass is 9.97. The number of hydrogen-bond donors (Lipinski definition) is 0. The molecule has 0 amide bonds. The third kappa shape index (κ3) is 2.07. The van der Waals surface area contributed by atoms with Gasteiger partial charge in [-0.3, -0.25) is 4.98 Å². The van der Waals surface area contributed by atoms with E-state index in [2.05, 4.69) is 46.0 Å². The Labute approximate surface area is 103 Å². The number of aromatic nitrogens is 1. The second-order valence-corrected chi connectivity index (χ2v) is 4.70. The Morgan fingerprint density at radius 1 is 1.50 bits per heavy atom. The molecule has 2 aromatic rings. The first-order valence-electron chi connectivity index (χ1n) is 5.13. The molecular weight excluding hydrogens is 264 g/mol. The Morgan fingerprint density at radius 3 is 3.06 bits per heavy atom. The highest BCUT2D eigenvalue weighted by Gasteiger charge is 2.08. The summed E-state index contributed by atoms with van der Waals surface area (Å²) >= 11 is 3.52. The Hall–Kier alpha value is -1.40. The van der Waals surface area contributed by atoms with Gasteiger partial charge < -0.3 is 0 Å². The molecule has 0 radical (unpaired) electrons. The van der Waals surface area contributed by atoms with Crippen LogP contribution in [-0.2, 0) is 0 Å². The number of pyridine rings is 1. The number of halogens is 1. The molecule has 0 fully saturated rings. The van der Waals surface area contributed by atoms with Crippen LogP contribution >= 0.6 is 15.9 Å². The summed E-state index contributed by atoms with van der Waals surface area (Å²) in [6, 6.07) is 10.3. The van der Waals surface area contributed by atoms with Gasteiger partial charge in [0.1, 0.15) is 0 Å². The average Bonchev–Trinajstić information content (AvgIpc) is 2.29. The van der Waals surface area contributed by atoms with E-state index >= 15 is 0 Å². The van der Waals surface area contributed by atoms with E-state index in [0.29, 0.717) is 6.42 Å². The van der Waals surface area contributed by atoms with Crippen molar-refractivity contribution in [2.75, 3.05) is 0 Å². The number of nitriles is 1. The third-order valence-corrected chi connectivity index (χ3v) is 3.25. The largest absolute Gasteiger partial charge is 0.255 e. The van der Waals surface area contributed by atoms with Gasteiger partial charge in [-0.15, -0.1) is 0 Å². The Morgan fingerprint density at radius 2 is 2.31 bits per heavy atom. The van der Waals surface area contributed by atoms with Crippen LogP contribution in [0.15, 0.2) is 34.9 Å². The average molecular weight is 275 g/mol. The number of fused-ring (bicyclic) bond motifs is 1. The van der Waals surface area contributed by atoms with E-state index in [1.807, 2.05) is 12.1 Å². The van der Waals surface area contributed by atoms with Crippen molar-refractivity contribution in [2.45, 2.75) is 19.3 Å². The third-order valence-electron chi connectivity index (χ3n) is 2.65. The summed E-state index contributed by atoms with van der Waals surface area (Å²) in [5.41, 5.74) is 2.14. The molecule has 1 atom stereocenters.